The number of dihydropyridines is 1. The minimum Gasteiger partial charge on any atom is -0.338 e. The Morgan fingerprint density at radius 1 is 0.962 bits per heavy atom. The number of carbonyl (C=O) groups excluding carboxylic acids is 3. The van der Waals surface area contributed by atoms with E-state index in [0.29, 0.717) is 37.7 Å². The number of hydrogen-bond donors (Lipinski definition) is 0. The molecule has 0 bridgehead atoms. The first-order valence-electron chi connectivity index (χ1n) is 10.0. The molecule has 2 amide bonds. The molecule has 140 valence electrons. The molecule has 3 heterocycles. The second-order valence-electron chi connectivity index (χ2n) is 7.91. The van der Waals surface area contributed by atoms with Gasteiger partial charge in [-0.3, -0.25) is 14.4 Å². The quantitative estimate of drug-likeness (QED) is 0.706. The number of nitrogens with zero attached hydrogens (tertiary/aromatic N) is 3. The molecule has 1 aliphatic carbocycles. The molecule has 1 saturated carbocycles. The highest BCUT2D eigenvalue weighted by Crippen LogP contribution is 2.27. The Labute approximate surface area is 154 Å². The first-order valence-corrected chi connectivity index (χ1v) is 10.0. The Morgan fingerprint density at radius 2 is 1.69 bits per heavy atom. The summed E-state index contributed by atoms with van der Waals surface area (Å²) < 4.78 is 0. The van der Waals surface area contributed by atoms with Crippen LogP contribution in [0.1, 0.15) is 51.4 Å². The fourth-order valence-corrected chi connectivity index (χ4v) is 4.73. The molecule has 6 nitrogen and oxygen atoms in total. The molecular weight excluding hydrogens is 330 g/mol. The maximum absolute atomic E-state index is 12.9. The minimum absolute atomic E-state index is 0.0802. The van der Waals surface area contributed by atoms with Crippen LogP contribution < -0.4 is 0 Å². The van der Waals surface area contributed by atoms with Crippen LogP contribution in [0.5, 0.6) is 0 Å². The molecule has 2 saturated heterocycles. The van der Waals surface area contributed by atoms with Crippen molar-refractivity contribution < 1.29 is 14.4 Å². The monoisotopic (exact) mass is 357 g/mol. The van der Waals surface area contributed by atoms with Crippen LogP contribution >= 0.6 is 0 Å². The van der Waals surface area contributed by atoms with E-state index in [0.717, 1.165) is 19.3 Å². The first-order chi connectivity index (χ1) is 12.6. The van der Waals surface area contributed by atoms with Gasteiger partial charge < -0.3 is 9.80 Å². The van der Waals surface area contributed by atoms with E-state index in [2.05, 4.69) is 9.89 Å². The van der Waals surface area contributed by atoms with Gasteiger partial charge in [0, 0.05) is 31.3 Å². The highest BCUT2D eigenvalue weighted by atomic mass is 16.2. The van der Waals surface area contributed by atoms with E-state index < -0.39 is 11.8 Å². The van der Waals surface area contributed by atoms with Crippen molar-refractivity contribution in [2.45, 2.75) is 57.4 Å². The second-order valence-corrected chi connectivity index (χ2v) is 7.91. The number of Topliss-reactive ketones (excluding diaryl/α,β-unsaturated/α-hetero) is 1. The molecule has 1 unspecified atom stereocenters. The van der Waals surface area contributed by atoms with E-state index in [1.165, 1.54) is 32.4 Å². The number of carbonyl (C=O) groups is 3. The lowest BCUT2D eigenvalue weighted by Gasteiger charge is -2.40. The van der Waals surface area contributed by atoms with Gasteiger partial charge in [0.1, 0.15) is 11.4 Å². The van der Waals surface area contributed by atoms with E-state index in [4.69, 9.17) is 0 Å². The highest BCUT2D eigenvalue weighted by Gasteiger charge is 2.36. The SMILES string of the molecule is O=C1N=C2CCCC(=O)C2C=C1C(=O)N1CCC(N2CCCCC2)CC1. The molecule has 0 N–H and O–H groups in total. The molecule has 0 aromatic heterocycles. The van der Waals surface area contributed by atoms with Crippen molar-refractivity contribution in [1.29, 1.82) is 0 Å². The zero-order valence-corrected chi connectivity index (χ0v) is 15.3. The summed E-state index contributed by atoms with van der Waals surface area (Å²) in [6.45, 7) is 3.70. The average Bonchev–Trinajstić information content (AvgIpc) is 2.68. The number of rotatable bonds is 2. The summed E-state index contributed by atoms with van der Waals surface area (Å²) in [6, 6.07) is 0.555. The van der Waals surface area contributed by atoms with Crippen molar-refractivity contribution in [2.75, 3.05) is 26.2 Å². The summed E-state index contributed by atoms with van der Waals surface area (Å²) in [5.41, 5.74) is 0.747. The van der Waals surface area contributed by atoms with Crippen LogP contribution in [0.25, 0.3) is 0 Å². The van der Waals surface area contributed by atoms with Gasteiger partial charge >= 0.3 is 0 Å². The molecule has 4 aliphatic rings. The summed E-state index contributed by atoms with van der Waals surface area (Å²) >= 11 is 0. The number of likely N-dealkylation sites (tertiary alicyclic amines) is 2. The van der Waals surface area contributed by atoms with Gasteiger partial charge in [-0.25, -0.2) is 4.99 Å². The van der Waals surface area contributed by atoms with E-state index in [-0.39, 0.29) is 17.3 Å². The van der Waals surface area contributed by atoms with Crippen LogP contribution in [-0.4, -0.2) is 65.3 Å². The van der Waals surface area contributed by atoms with Gasteiger partial charge in [0.15, 0.2) is 0 Å². The summed E-state index contributed by atoms with van der Waals surface area (Å²) in [4.78, 5) is 45.7. The van der Waals surface area contributed by atoms with Crippen LogP contribution in [0, 0.1) is 5.92 Å². The number of aliphatic imine (C=N–C) groups is 1. The Kier molecular flexibility index (Phi) is 5.02. The number of amides is 2. The van der Waals surface area contributed by atoms with Gasteiger partial charge in [0.25, 0.3) is 11.8 Å². The number of fused-ring (bicyclic) bond motifs is 1. The van der Waals surface area contributed by atoms with Crippen LogP contribution in [0.4, 0.5) is 0 Å². The molecule has 6 heteroatoms. The van der Waals surface area contributed by atoms with Gasteiger partial charge in [-0.05, 0) is 57.7 Å². The van der Waals surface area contributed by atoms with E-state index in [1.54, 1.807) is 11.0 Å². The van der Waals surface area contributed by atoms with E-state index in [1.807, 2.05) is 0 Å². The third-order valence-corrected chi connectivity index (χ3v) is 6.26. The summed E-state index contributed by atoms with van der Waals surface area (Å²) in [5.74, 6) is -1.08. The lowest BCUT2D eigenvalue weighted by Crippen LogP contribution is -2.49. The Hall–Kier alpha value is -1.82. The Bertz CT molecular complexity index is 668. The van der Waals surface area contributed by atoms with Crippen LogP contribution in [-0.2, 0) is 14.4 Å². The molecule has 1 atom stereocenters. The van der Waals surface area contributed by atoms with Crippen molar-refractivity contribution in [2.24, 2.45) is 10.9 Å². The van der Waals surface area contributed by atoms with Crippen LogP contribution in [0.2, 0.25) is 0 Å². The number of piperidine rings is 2. The fourth-order valence-electron chi connectivity index (χ4n) is 4.73. The Balaban J connectivity index is 1.40. The zero-order valence-electron chi connectivity index (χ0n) is 15.3. The number of allylic oxidation sites excluding steroid dienone is 1. The third kappa shape index (κ3) is 3.39. The van der Waals surface area contributed by atoms with Gasteiger partial charge in [-0.1, -0.05) is 6.42 Å². The predicted octanol–water partition coefficient (Wildman–Crippen LogP) is 1.74. The zero-order chi connectivity index (χ0) is 18.1. The molecule has 0 radical (unpaired) electrons. The predicted molar refractivity (Wildman–Crippen MR) is 97.9 cm³/mol. The molecule has 0 aromatic rings. The molecule has 3 aliphatic heterocycles. The third-order valence-electron chi connectivity index (χ3n) is 6.26. The molecule has 0 aromatic carbocycles. The standard InChI is InChI=1S/C20H27N3O3/c24-18-6-4-5-17-15(18)13-16(19(25)21-17)20(26)23-11-7-14(8-12-23)22-9-2-1-3-10-22/h13-15H,1-12H2. The normalized spacial score (nSPS) is 28.5. The lowest BCUT2D eigenvalue weighted by atomic mass is 9.82. The van der Waals surface area contributed by atoms with Crippen molar-refractivity contribution in [3.63, 3.8) is 0 Å². The number of hydrogen-bond acceptors (Lipinski definition) is 4. The summed E-state index contributed by atoms with van der Waals surface area (Å²) in [7, 11) is 0. The van der Waals surface area contributed by atoms with Gasteiger partial charge in [-0.2, -0.15) is 0 Å². The Morgan fingerprint density at radius 3 is 2.42 bits per heavy atom. The smallest absolute Gasteiger partial charge is 0.282 e. The largest absolute Gasteiger partial charge is 0.338 e. The van der Waals surface area contributed by atoms with Gasteiger partial charge in [0.05, 0.1) is 5.92 Å². The summed E-state index contributed by atoms with van der Waals surface area (Å²) in [5, 5.41) is 0. The number of ketones is 1. The van der Waals surface area contributed by atoms with Gasteiger partial charge in [-0.15, -0.1) is 0 Å². The average molecular weight is 357 g/mol. The van der Waals surface area contributed by atoms with Crippen molar-refractivity contribution in [3.8, 4) is 0 Å². The van der Waals surface area contributed by atoms with Crippen molar-refractivity contribution >= 4 is 23.3 Å². The molecular formula is C20H27N3O3. The molecule has 4 rings (SSSR count). The second kappa shape index (κ2) is 7.43. The van der Waals surface area contributed by atoms with Crippen LogP contribution in [0.15, 0.2) is 16.6 Å². The van der Waals surface area contributed by atoms with Crippen molar-refractivity contribution in [3.05, 3.63) is 11.6 Å². The lowest BCUT2D eigenvalue weighted by molar-refractivity contribution is -0.131. The maximum atomic E-state index is 12.9. The van der Waals surface area contributed by atoms with Gasteiger partial charge in [0.2, 0.25) is 0 Å². The first kappa shape index (κ1) is 17.6. The summed E-state index contributed by atoms with van der Waals surface area (Å²) in [6.07, 6.45) is 9.33. The highest BCUT2D eigenvalue weighted by molar-refractivity contribution is 6.26. The van der Waals surface area contributed by atoms with Crippen LogP contribution in [0.3, 0.4) is 0 Å². The maximum Gasteiger partial charge on any atom is 0.282 e. The molecule has 3 fully saturated rings. The molecule has 26 heavy (non-hydrogen) atoms. The fraction of sp³-hybridized carbons (Fsp3) is 0.700. The minimum atomic E-state index is -0.464. The van der Waals surface area contributed by atoms with E-state index >= 15 is 0 Å². The van der Waals surface area contributed by atoms with Crippen molar-refractivity contribution in [1.82, 2.24) is 9.80 Å². The van der Waals surface area contributed by atoms with E-state index in [9.17, 15) is 14.4 Å². The topological polar surface area (TPSA) is 70.0 Å². The molecule has 0 spiro atoms.